The molecule has 0 aromatic carbocycles. The zero-order valence-corrected chi connectivity index (χ0v) is 72.7. The minimum absolute atomic E-state index is 0.253. The summed E-state index contributed by atoms with van der Waals surface area (Å²) in [4.78, 5) is 26.0. The number of aliphatic hydroxyl groups excluding tert-OH is 12. The van der Waals surface area contributed by atoms with E-state index >= 15 is 0 Å². The van der Waals surface area contributed by atoms with Crippen molar-refractivity contribution < 1.29 is 89.8 Å². The molecule has 2 fully saturated rings. The van der Waals surface area contributed by atoms with E-state index in [1.807, 2.05) is 0 Å². The fourth-order valence-corrected chi connectivity index (χ4v) is 15.4. The van der Waals surface area contributed by atoms with Crippen molar-refractivity contribution in [3.63, 3.8) is 0 Å². The highest BCUT2D eigenvalue weighted by Gasteiger charge is 2.46. The Bertz CT molecular complexity index is 2110. The van der Waals surface area contributed by atoms with Crippen molar-refractivity contribution in [2.45, 2.75) is 530 Å². The molecular weight excluding hydrogens is 1430 g/mol. The average molecular weight is 1610 g/mol. The lowest BCUT2D eigenvalue weighted by molar-refractivity contribution is -0.303. The van der Waals surface area contributed by atoms with Crippen LogP contribution < -0.4 is 10.6 Å². The van der Waals surface area contributed by atoms with Crippen molar-refractivity contribution >= 4 is 11.8 Å². The van der Waals surface area contributed by atoms with Crippen molar-refractivity contribution in [3.8, 4) is 0 Å². The van der Waals surface area contributed by atoms with Gasteiger partial charge in [-0.2, -0.15) is 0 Å². The number of allylic oxidation sites excluding steroid dienone is 4. The molecule has 0 aromatic heterocycles. The first-order chi connectivity index (χ1) is 55.0. The zero-order chi connectivity index (χ0) is 82.8. The molecule has 20 nitrogen and oxygen atoms in total. The van der Waals surface area contributed by atoms with Gasteiger partial charge in [0.2, 0.25) is 11.8 Å². The van der Waals surface area contributed by atoms with E-state index in [0.717, 1.165) is 103 Å². The quantitative estimate of drug-likeness (QED) is 0.0199. The number of nitrogens with one attached hydrogen (secondary N) is 2. The van der Waals surface area contributed by atoms with Gasteiger partial charge >= 0.3 is 0 Å². The predicted octanol–water partition coefficient (Wildman–Crippen LogP) is 17.8. The summed E-state index contributed by atoms with van der Waals surface area (Å²) in [6.45, 7) is 7.19. The van der Waals surface area contributed by atoms with Crippen molar-refractivity contribution in [2.24, 2.45) is 0 Å². The minimum atomic E-state index is -1.61. The molecule has 20 heteroatoms. The van der Waals surface area contributed by atoms with E-state index in [9.17, 15) is 70.9 Å². The van der Waals surface area contributed by atoms with Gasteiger partial charge in [-0.1, -0.05) is 386 Å². The van der Waals surface area contributed by atoms with Crippen LogP contribution in [-0.4, -0.2) is 197 Å². The molecule has 2 heterocycles. The average Bonchev–Trinajstić information content (AvgIpc) is 0.822. The molecule has 16 atom stereocenters. The third-order valence-corrected chi connectivity index (χ3v) is 23.2. The lowest BCUT2D eigenvalue weighted by Crippen LogP contribution is -2.60. The van der Waals surface area contributed by atoms with E-state index in [4.69, 9.17) is 18.9 Å². The van der Waals surface area contributed by atoms with Gasteiger partial charge in [0.1, 0.15) is 61.0 Å². The van der Waals surface area contributed by atoms with Crippen LogP contribution in [0.1, 0.15) is 432 Å². The maximum Gasteiger partial charge on any atom is 0.220 e. The van der Waals surface area contributed by atoms with Crippen molar-refractivity contribution in [3.05, 3.63) is 24.3 Å². The highest BCUT2D eigenvalue weighted by atomic mass is 16.7. The monoisotopic (exact) mass is 1610 g/mol. The Balaban J connectivity index is 0.00000113. The van der Waals surface area contributed by atoms with Gasteiger partial charge in [-0.05, 0) is 57.8 Å². The molecule has 113 heavy (non-hydrogen) atoms. The Morgan fingerprint density at radius 1 is 0.310 bits per heavy atom. The molecule has 0 saturated carbocycles. The third-order valence-electron chi connectivity index (χ3n) is 23.2. The maximum absolute atomic E-state index is 13.0. The number of aliphatic hydroxyl groups is 12. The van der Waals surface area contributed by atoms with Gasteiger partial charge in [0.25, 0.3) is 0 Å². The van der Waals surface area contributed by atoms with Crippen molar-refractivity contribution in [2.75, 3.05) is 26.4 Å². The molecular formula is C93H180N2O18. The van der Waals surface area contributed by atoms with Crippen molar-refractivity contribution in [1.29, 1.82) is 0 Å². The third kappa shape index (κ3) is 59.2. The van der Waals surface area contributed by atoms with Gasteiger partial charge < -0.3 is 90.9 Å². The molecule has 2 aliphatic heterocycles. The number of carbonyl (C=O) groups is 2. The van der Waals surface area contributed by atoms with E-state index in [1.54, 1.807) is 0 Å². The van der Waals surface area contributed by atoms with E-state index in [2.05, 4.69) is 62.6 Å². The van der Waals surface area contributed by atoms with Crippen LogP contribution in [0.25, 0.3) is 0 Å². The van der Waals surface area contributed by atoms with Gasteiger partial charge in [-0.3, -0.25) is 9.59 Å². The van der Waals surface area contributed by atoms with Gasteiger partial charge in [0, 0.05) is 12.8 Å². The number of unbranched alkanes of at least 4 members (excludes halogenated alkanes) is 53. The normalized spacial score (nSPS) is 21.7. The summed E-state index contributed by atoms with van der Waals surface area (Å²) in [5, 5.41) is 130. The van der Waals surface area contributed by atoms with Crippen LogP contribution >= 0.6 is 0 Å². The summed E-state index contributed by atoms with van der Waals surface area (Å²) in [6.07, 6.45) is 62.9. The van der Waals surface area contributed by atoms with Gasteiger partial charge in [0.05, 0.1) is 50.7 Å². The van der Waals surface area contributed by atoms with E-state index in [0.29, 0.717) is 19.3 Å². The number of rotatable bonds is 79. The highest BCUT2D eigenvalue weighted by molar-refractivity contribution is 5.76. The van der Waals surface area contributed by atoms with Crippen LogP contribution in [0.4, 0.5) is 0 Å². The second kappa shape index (κ2) is 78.3. The smallest absolute Gasteiger partial charge is 0.220 e. The summed E-state index contributed by atoms with van der Waals surface area (Å²) < 4.78 is 22.3. The van der Waals surface area contributed by atoms with Crippen LogP contribution in [-0.2, 0) is 28.5 Å². The Labute approximate surface area is 689 Å². The predicted molar refractivity (Wildman–Crippen MR) is 459 cm³/mol. The Hall–Kier alpha value is -2.22. The number of hydrogen-bond donors (Lipinski definition) is 14. The fraction of sp³-hybridized carbons (Fsp3) is 0.935. The molecule has 670 valence electrons. The molecule has 2 rings (SSSR count). The Morgan fingerprint density at radius 2 is 0.540 bits per heavy atom. The molecule has 14 N–H and O–H groups in total. The molecule has 2 amide bonds. The van der Waals surface area contributed by atoms with E-state index in [-0.39, 0.29) is 37.9 Å². The summed E-state index contributed by atoms with van der Waals surface area (Å²) in [5.41, 5.74) is 0. The molecule has 0 aliphatic carbocycles. The fourth-order valence-electron chi connectivity index (χ4n) is 15.4. The molecule has 2 aliphatic rings. The van der Waals surface area contributed by atoms with Gasteiger partial charge in [-0.25, -0.2) is 0 Å². The maximum atomic E-state index is 13.0. The lowest BCUT2D eigenvalue weighted by Gasteiger charge is -2.40. The summed E-state index contributed by atoms with van der Waals surface area (Å²) in [7, 11) is 0. The summed E-state index contributed by atoms with van der Waals surface area (Å²) in [6, 6.07) is -1.98. The first kappa shape index (κ1) is 109. The SMILES string of the molecule is CCCCCCC/C=C\C/C=C\CCCCCCCC(=O)N[C@@H](COC1OC(CO)C(O)C(O)C1O)[C@H](O)[C@H](O)CCCCCCCCCCCCCC.CCCCCCCCCCCCCCCCCCCCCCCCC(=O)N[C@@H](COC1OC(CO)C(O)C(O)C1O)[C@H](O)[C@H](O)CCCCCCCCCCCCCC. The second-order valence-corrected chi connectivity index (χ2v) is 33.7. The van der Waals surface area contributed by atoms with Crippen molar-refractivity contribution in [1.82, 2.24) is 10.6 Å². The standard InChI is InChI=1S/C49H97NO9.C44H83NO9/c1-3-5-7-9-11-13-15-17-18-19-20-21-22-23-24-25-26-28-30-32-34-36-38-44(53)50-41(40-58-49-48(57)47(56)46(55)43(39-51)59-49)45(54)42(52)37-35-33-31-29-27-16-14-12-10-8-6-4-2;1-3-5-7-9-11-13-15-17-18-19-20-21-23-25-27-29-31-33-39(48)45-36(35-53-44-43(52)42(51)41(50)38(34-46)54-44)40(49)37(47)32-30-28-26-24-22-16-14-12-10-8-6-4-2/h41-43,45-49,51-52,54-57H,3-40H2,1-2H3,(H,50,53);15,17,19-20,36-38,40-44,46-47,49-52H,3-14,16,18,21-35H2,1-2H3,(H,45,48)/b;17-15-,20-19-/t41-,42+,43?,45-,46?,47?,48?,49?;36-,37+,38?,40-,41?,42?,43?,44?/m00/s1. The molecule has 0 radical (unpaired) electrons. The molecule has 0 bridgehead atoms. The van der Waals surface area contributed by atoms with Crippen LogP contribution in [0.3, 0.4) is 0 Å². The van der Waals surface area contributed by atoms with Crippen LogP contribution in [0.2, 0.25) is 0 Å². The number of carbonyl (C=O) groups excluding carboxylic acids is 2. The molecule has 0 spiro atoms. The first-order valence-corrected chi connectivity index (χ1v) is 47.5. The van der Waals surface area contributed by atoms with Crippen LogP contribution in [0.15, 0.2) is 24.3 Å². The first-order valence-electron chi connectivity index (χ1n) is 47.5. The van der Waals surface area contributed by atoms with E-state index < -0.39 is 111 Å². The van der Waals surface area contributed by atoms with E-state index in [1.165, 1.54) is 270 Å². The van der Waals surface area contributed by atoms with Crippen LogP contribution in [0.5, 0.6) is 0 Å². The molecule has 10 unspecified atom stereocenters. The van der Waals surface area contributed by atoms with Gasteiger partial charge in [0.15, 0.2) is 12.6 Å². The minimum Gasteiger partial charge on any atom is -0.394 e. The number of hydrogen-bond acceptors (Lipinski definition) is 18. The number of amides is 2. The Kier molecular flexibility index (Phi) is 75.4. The zero-order valence-electron chi connectivity index (χ0n) is 72.7. The largest absolute Gasteiger partial charge is 0.394 e. The van der Waals surface area contributed by atoms with Gasteiger partial charge in [-0.15, -0.1) is 0 Å². The Morgan fingerprint density at radius 3 is 0.788 bits per heavy atom. The highest BCUT2D eigenvalue weighted by Crippen LogP contribution is 2.27. The summed E-state index contributed by atoms with van der Waals surface area (Å²) >= 11 is 0. The molecule has 0 aromatic rings. The summed E-state index contributed by atoms with van der Waals surface area (Å²) in [5.74, 6) is -0.525. The number of ether oxygens (including phenoxy) is 4. The van der Waals surface area contributed by atoms with Crippen LogP contribution in [0, 0.1) is 0 Å². The topological polar surface area (TPSA) is 338 Å². The molecule has 2 saturated heterocycles. The lowest BCUT2D eigenvalue weighted by atomic mass is 9.98. The second-order valence-electron chi connectivity index (χ2n) is 33.7.